The lowest BCUT2D eigenvalue weighted by molar-refractivity contribution is -0.142. The van der Waals surface area contributed by atoms with E-state index >= 15 is 0 Å². The van der Waals surface area contributed by atoms with E-state index in [2.05, 4.69) is 16.9 Å². The number of ether oxygens (including phenoxy) is 2. The van der Waals surface area contributed by atoms with E-state index < -0.39 is 6.04 Å². The minimum atomic E-state index is -0.516. The topological polar surface area (TPSA) is 61.5 Å². The molecule has 4 nitrogen and oxygen atoms in total. The number of hydrogen-bond donors (Lipinski definition) is 1. The van der Waals surface area contributed by atoms with Crippen LogP contribution in [0.2, 0.25) is 0 Å². The number of nitrogens with two attached hydrogens (primary N) is 1. The second kappa shape index (κ2) is 8.82. The van der Waals surface area contributed by atoms with Crippen LogP contribution in [0.3, 0.4) is 0 Å². The minimum Gasteiger partial charge on any atom is -0.494 e. The molecule has 0 aliphatic carbocycles. The molecule has 0 bridgehead atoms. The Balaban J connectivity index is 2.24. The Bertz CT molecular complexity index is 381. The molecule has 0 aromatic heterocycles. The standard InChI is InChI=1S/C14H21NO3S/c1-3-18-12-6-4-11(5-7-12)10-19-9-8-13(15)14(16)17-2/h4-7,13H,3,8-10,15H2,1-2H3. The van der Waals surface area contributed by atoms with Gasteiger partial charge in [-0.05, 0) is 36.8 Å². The molecule has 5 heteroatoms. The molecule has 0 radical (unpaired) electrons. The number of esters is 1. The first-order valence-corrected chi connectivity index (χ1v) is 7.45. The highest BCUT2D eigenvalue weighted by Gasteiger charge is 2.12. The van der Waals surface area contributed by atoms with E-state index in [9.17, 15) is 4.79 Å². The van der Waals surface area contributed by atoms with Gasteiger partial charge in [-0.3, -0.25) is 4.79 Å². The van der Waals surface area contributed by atoms with Crippen LogP contribution in [0.1, 0.15) is 18.9 Å². The summed E-state index contributed by atoms with van der Waals surface area (Å²) in [6.07, 6.45) is 0.633. The molecule has 0 aliphatic heterocycles. The van der Waals surface area contributed by atoms with Gasteiger partial charge in [-0.1, -0.05) is 12.1 Å². The quantitative estimate of drug-likeness (QED) is 0.585. The molecule has 2 N–H and O–H groups in total. The Hall–Kier alpha value is -1.20. The Morgan fingerprint density at radius 1 is 1.37 bits per heavy atom. The van der Waals surface area contributed by atoms with Crippen molar-refractivity contribution in [2.45, 2.75) is 25.1 Å². The highest BCUT2D eigenvalue weighted by molar-refractivity contribution is 7.98. The predicted molar refractivity (Wildman–Crippen MR) is 78.4 cm³/mol. The van der Waals surface area contributed by atoms with Crippen molar-refractivity contribution >= 4 is 17.7 Å². The van der Waals surface area contributed by atoms with E-state index in [1.807, 2.05) is 19.1 Å². The Kier molecular flexibility index (Phi) is 7.36. The second-order valence-electron chi connectivity index (χ2n) is 4.05. The lowest BCUT2D eigenvalue weighted by Crippen LogP contribution is -2.31. The van der Waals surface area contributed by atoms with Crippen LogP contribution < -0.4 is 10.5 Å². The zero-order valence-corrected chi connectivity index (χ0v) is 12.2. The molecule has 0 spiro atoms. The first kappa shape index (κ1) is 15.9. The summed E-state index contributed by atoms with van der Waals surface area (Å²) in [6.45, 7) is 2.65. The molecule has 0 aliphatic rings. The van der Waals surface area contributed by atoms with Crippen molar-refractivity contribution in [1.29, 1.82) is 0 Å². The van der Waals surface area contributed by atoms with Gasteiger partial charge in [0.25, 0.3) is 0 Å². The monoisotopic (exact) mass is 283 g/mol. The SMILES string of the molecule is CCOc1ccc(CSCCC(N)C(=O)OC)cc1. The molecule has 1 rings (SSSR count). The summed E-state index contributed by atoms with van der Waals surface area (Å²) in [5.74, 6) is 2.29. The van der Waals surface area contributed by atoms with Crippen LogP contribution in [0.25, 0.3) is 0 Å². The Morgan fingerprint density at radius 2 is 2.05 bits per heavy atom. The van der Waals surface area contributed by atoms with Crippen molar-refractivity contribution < 1.29 is 14.3 Å². The van der Waals surface area contributed by atoms with Crippen molar-refractivity contribution in [3.63, 3.8) is 0 Å². The van der Waals surface area contributed by atoms with E-state index in [1.54, 1.807) is 11.8 Å². The number of thioether (sulfide) groups is 1. The molecule has 0 amide bonds. The molecular formula is C14H21NO3S. The van der Waals surface area contributed by atoms with Crippen LogP contribution in [-0.2, 0) is 15.3 Å². The maximum atomic E-state index is 11.1. The van der Waals surface area contributed by atoms with Gasteiger partial charge in [-0.2, -0.15) is 11.8 Å². The van der Waals surface area contributed by atoms with Crippen LogP contribution in [0.5, 0.6) is 5.75 Å². The lowest BCUT2D eigenvalue weighted by atomic mass is 10.2. The molecule has 19 heavy (non-hydrogen) atoms. The zero-order chi connectivity index (χ0) is 14.1. The molecule has 0 saturated heterocycles. The molecule has 0 fully saturated rings. The summed E-state index contributed by atoms with van der Waals surface area (Å²) >= 11 is 1.75. The highest BCUT2D eigenvalue weighted by atomic mass is 32.2. The molecule has 1 aromatic carbocycles. The fraction of sp³-hybridized carbons (Fsp3) is 0.500. The van der Waals surface area contributed by atoms with Crippen LogP contribution in [0.15, 0.2) is 24.3 Å². The molecule has 106 valence electrons. The highest BCUT2D eigenvalue weighted by Crippen LogP contribution is 2.17. The summed E-state index contributed by atoms with van der Waals surface area (Å²) < 4.78 is 9.96. The average molecular weight is 283 g/mol. The van der Waals surface area contributed by atoms with Crippen LogP contribution in [-0.4, -0.2) is 31.5 Å². The summed E-state index contributed by atoms with van der Waals surface area (Å²) in [7, 11) is 1.36. The molecular weight excluding hydrogens is 262 g/mol. The average Bonchev–Trinajstić information content (AvgIpc) is 2.44. The number of hydrogen-bond acceptors (Lipinski definition) is 5. The van der Waals surface area contributed by atoms with Crippen LogP contribution in [0.4, 0.5) is 0 Å². The number of rotatable bonds is 8. The molecule has 0 saturated carbocycles. The number of methoxy groups -OCH3 is 1. The van der Waals surface area contributed by atoms with Crippen LogP contribution >= 0.6 is 11.8 Å². The van der Waals surface area contributed by atoms with Gasteiger partial charge in [0, 0.05) is 5.75 Å². The van der Waals surface area contributed by atoms with Crippen molar-refractivity contribution in [2.24, 2.45) is 5.73 Å². The molecule has 0 heterocycles. The summed E-state index contributed by atoms with van der Waals surface area (Å²) in [5.41, 5.74) is 6.89. The zero-order valence-electron chi connectivity index (χ0n) is 11.4. The minimum absolute atomic E-state index is 0.346. The second-order valence-corrected chi connectivity index (χ2v) is 5.15. The number of benzene rings is 1. The van der Waals surface area contributed by atoms with E-state index in [4.69, 9.17) is 10.5 Å². The van der Waals surface area contributed by atoms with Crippen LogP contribution in [0, 0.1) is 0 Å². The normalized spacial score (nSPS) is 11.9. The first-order chi connectivity index (χ1) is 9.17. The Labute approximate surface area is 118 Å². The van der Waals surface area contributed by atoms with Crippen molar-refractivity contribution in [3.05, 3.63) is 29.8 Å². The lowest BCUT2D eigenvalue weighted by Gasteiger charge is -2.09. The summed E-state index contributed by atoms with van der Waals surface area (Å²) in [4.78, 5) is 11.1. The third-order valence-electron chi connectivity index (χ3n) is 2.58. The fourth-order valence-electron chi connectivity index (χ4n) is 1.52. The van der Waals surface area contributed by atoms with Gasteiger partial charge in [-0.15, -0.1) is 0 Å². The maximum absolute atomic E-state index is 11.1. The van der Waals surface area contributed by atoms with Gasteiger partial charge in [-0.25, -0.2) is 0 Å². The van der Waals surface area contributed by atoms with Gasteiger partial charge >= 0.3 is 5.97 Å². The molecule has 1 atom stereocenters. The van der Waals surface area contributed by atoms with Gasteiger partial charge < -0.3 is 15.2 Å². The van der Waals surface area contributed by atoms with Gasteiger partial charge in [0.15, 0.2) is 0 Å². The number of carbonyl (C=O) groups is 1. The number of carbonyl (C=O) groups excluding carboxylic acids is 1. The van der Waals surface area contributed by atoms with Gasteiger partial charge in [0.05, 0.1) is 13.7 Å². The van der Waals surface area contributed by atoms with E-state index in [0.29, 0.717) is 13.0 Å². The fourth-order valence-corrected chi connectivity index (χ4v) is 2.51. The summed E-state index contributed by atoms with van der Waals surface area (Å²) in [5, 5.41) is 0. The van der Waals surface area contributed by atoms with E-state index in [1.165, 1.54) is 12.7 Å². The maximum Gasteiger partial charge on any atom is 0.322 e. The smallest absolute Gasteiger partial charge is 0.322 e. The third kappa shape index (κ3) is 5.98. The van der Waals surface area contributed by atoms with E-state index in [-0.39, 0.29) is 5.97 Å². The van der Waals surface area contributed by atoms with E-state index in [0.717, 1.165) is 17.3 Å². The van der Waals surface area contributed by atoms with Crippen molar-refractivity contribution in [2.75, 3.05) is 19.5 Å². The third-order valence-corrected chi connectivity index (χ3v) is 3.64. The molecule has 1 aromatic rings. The largest absolute Gasteiger partial charge is 0.494 e. The Morgan fingerprint density at radius 3 is 2.63 bits per heavy atom. The van der Waals surface area contributed by atoms with Gasteiger partial charge in [0.2, 0.25) is 0 Å². The van der Waals surface area contributed by atoms with Gasteiger partial charge in [0.1, 0.15) is 11.8 Å². The first-order valence-electron chi connectivity index (χ1n) is 6.30. The summed E-state index contributed by atoms with van der Waals surface area (Å²) in [6, 6.07) is 7.54. The van der Waals surface area contributed by atoms with Crippen molar-refractivity contribution in [3.8, 4) is 5.75 Å². The van der Waals surface area contributed by atoms with Crippen molar-refractivity contribution in [1.82, 2.24) is 0 Å². The molecule has 1 unspecified atom stereocenters. The predicted octanol–water partition coefficient (Wildman–Crippen LogP) is 2.21.